The van der Waals surface area contributed by atoms with E-state index in [1.807, 2.05) is 10.7 Å². The highest BCUT2D eigenvalue weighted by molar-refractivity contribution is 5.87. The lowest BCUT2D eigenvalue weighted by Crippen LogP contribution is -2.00. The Labute approximate surface area is 139 Å². The molecule has 0 atom stereocenters. The molecule has 120 valence electrons. The van der Waals surface area contributed by atoms with Crippen molar-refractivity contribution < 1.29 is 0 Å². The number of benzene rings is 1. The van der Waals surface area contributed by atoms with E-state index in [1.165, 1.54) is 29.5 Å². The standard InChI is InChI=1S/C19H19N5/c1-10-7-14(8-15-9-20-22-16(10)15)17-11(2)6-12(3)19-21-18(13-4-5-13)23-24(17)19/h6-9,13H,4-5H2,1-3H3,(H,20,22). The maximum atomic E-state index is 4.85. The molecule has 5 heteroatoms. The molecule has 0 saturated heterocycles. The Bertz CT molecular complexity index is 1100. The highest BCUT2D eigenvalue weighted by Gasteiger charge is 2.29. The Morgan fingerprint density at radius 1 is 1.04 bits per heavy atom. The molecule has 0 radical (unpaired) electrons. The van der Waals surface area contributed by atoms with Crippen molar-refractivity contribution in [3.8, 4) is 11.3 Å². The summed E-state index contributed by atoms with van der Waals surface area (Å²) in [4.78, 5) is 4.81. The van der Waals surface area contributed by atoms with Crippen LogP contribution in [0.5, 0.6) is 0 Å². The maximum Gasteiger partial charge on any atom is 0.159 e. The van der Waals surface area contributed by atoms with Crippen molar-refractivity contribution in [2.24, 2.45) is 0 Å². The Morgan fingerprint density at radius 2 is 1.88 bits per heavy atom. The minimum atomic E-state index is 0.551. The summed E-state index contributed by atoms with van der Waals surface area (Å²) in [7, 11) is 0. The molecule has 0 aliphatic heterocycles. The number of rotatable bonds is 2. The summed E-state index contributed by atoms with van der Waals surface area (Å²) in [5.41, 5.74) is 7.94. The molecule has 1 aromatic carbocycles. The van der Waals surface area contributed by atoms with Gasteiger partial charge in [0.25, 0.3) is 0 Å². The van der Waals surface area contributed by atoms with Crippen LogP contribution in [0.2, 0.25) is 0 Å². The van der Waals surface area contributed by atoms with Crippen molar-refractivity contribution >= 4 is 16.6 Å². The molecule has 0 bridgehead atoms. The third kappa shape index (κ3) is 1.90. The zero-order valence-electron chi connectivity index (χ0n) is 14.1. The van der Waals surface area contributed by atoms with Crippen LogP contribution < -0.4 is 0 Å². The first-order valence-corrected chi connectivity index (χ1v) is 8.43. The summed E-state index contributed by atoms with van der Waals surface area (Å²) in [5, 5.41) is 13.2. The van der Waals surface area contributed by atoms with Crippen LogP contribution in [0.4, 0.5) is 0 Å². The SMILES string of the molecule is Cc1cc(C)c2nc(C3CC3)nn2c1-c1cc(C)c2[nH]ncc2c1. The molecule has 3 aromatic heterocycles. The zero-order chi connectivity index (χ0) is 16.4. The van der Waals surface area contributed by atoms with Crippen molar-refractivity contribution in [2.45, 2.75) is 39.5 Å². The number of pyridine rings is 1. The number of nitrogens with zero attached hydrogens (tertiary/aromatic N) is 4. The minimum Gasteiger partial charge on any atom is -0.278 e. The van der Waals surface area contributed by atoms with Gasteiger partial charge in [0.05, 0.1) is 17.4 Å². The third-order valence-corrected chi connectivity index (χ3v) is 4.96. The van der Waals surface area contributed by atoms with Gasteiger partial charge in [-0.1, -0.05) is 6.07 Å². The van der Waals surface area contributed by atoms with Crippen LogP contribution in [0.1, 0.15) is 41.3 Å². The molecular formula is C19H19N5. The van der Waals surface area contributed by atoms with Crippen molar-refractivity contribution in [1.82, 2.24) is 24.8 Å². The number of fused-ring (bicyclic) bond motifs is 2. The summed E-state index contributed by atoms with van der Waals surface area (Å²) in [6.07, 6.45) is 4.30. The first kappa shape index (κ1) is 13.7. The molecule has 1 N–H and O–H groups in total. The molecule has 0 unspecified atom stereocenters. The van der Waals surface area contributed by atoms with E-state index in [2.05, 4.69) is 49.2 Å². The van der Waals surface area contributed by atoms with Gasteiger partial charge in [-0.25, -0.2) is 9.50 Å². The van der Waals surface area contributed by atoms with E-state index in [9.17, 15) is 0 Å². The fourth-order valence-electron chi connectivity index (χ4n) is 3.60. The van der Waals surface area contributed by atoms with E-state index >= 15 is 0 Å². The van der Waals surface area contributed by atoms with Gasteiger partial charge in [-0.05, 0) is 62.4 Å². The average molecular weight is 317 g/mol. The van der Waals surface area contributed by atoms with E-state index in [1.54, 1.807) is 0 Å². The van der Waals surface area contributed by atoms with Crippen LogP contribution in [0.25, 0.3) is 27.8 Å². The predicted molar refractivity (Wildman–Crippen MR) is 94.3 cm³/mol. The quantitative estimate of drug-likeness (QED) is 0.606. The normalized spacial score (nSPS) is 14.8. The maximum absolute atomic E-state index is 4.85. The molecule has 0 amide bonds. The van der Waals surface area contributed by atoms with Crippen LogP contribution in [0, 0.1) is 20.8 Å². The van der Waals surface area contributed by atoms with Crippen molar-refractivity contribution in [2.75, 3.05) is 0 Å². The van der Waals surface area contributed by atoms with E-state index in [4.69, 9.17) is 10.1 Å². The predicted octanol–water partition coefficient (Wildman–Crippen LogP) is 4.08. The highest BCUT2D eigenvalue weighted by atomic mass is 15.3. The van der Waals surface area contributed by atoms with E-state index in [0.29, 0.717) is 5.92 Å². The van der Waals surface area contributed by atoms with Crippen LogP contribution in [-0.4, -0.2) is 24.8 Å². The zero-order valence-corrected chi connectivity index (χ0v) is 14.1. The van der Waals surface area contributed by atoms with Crippen molar-refractivity contribution in [3.63, 3.8) is 0 Å². The molecule has 3 heterocycles. The summed E-state index contributed by atoms with van der Waals surface area (Å²) >= 11 is 0. The van der Waals surface area contributed by atoms with Crippen LogP contribution in [0.15, 0.2) is 24.4 Å². The van der Waals surface area contributed by atoms with Gasteiger partial charge in [0.2, 0.25) is 0 Å². The number of hydrogen-bond acceptors (Lipinski definition) is 3. The fourth-order valence-corrected chi connectivity index (χ4v) is 3.60. The number of aryl methyl sites for hydroxylation is 3. The molecule has 1 fully saturated rings. The van der Waals surface area contributed by atoms with Crippen LogP contribution in [-0.2, 0) is 0 Å². The van der Waals surface area contributed by atoms with E-state index < -0.39 is 0 Å². The van der Waals surface area contributed by atoms with E-state index in [-0.39, 0.29) is 0 Å². The van der Waals surface area contributed by atoms with Crippen molar-refractivity contribution in [3.05, 3.63) is 46.9 Å². The number of nitrogens with one attached hydrogen (secondary N) is 1. The Kier molecular flexibility index (Phi) is 2.66. The average Bonchev–Trinajstić information content (AvgIpc) is 3.10. The van der Waals surface area contributed by atoms with Crippen LogP contribution >= 0.6 is 0 Å². The fraction of sp³-hybridized carbons (Fsp3) is 0.316. The lowest BCUT2D eigenvalue weighted by molar-refractivity contribution is 0.878. The van der Waals surface area contributed by atoms with Gasteiger partial charge in [-0.15, -0.1) is 0 Å². The largest absolute Gasteiger partial charge is 0.278 e. The molecule has 24 heavy (non-hydrogen) atoms. The van der Waals surface area contributed by atoms with Gasteiger partial charge in [-0.3, -0.25) is 5.10 Å². The van der Waals surface area contributed by atoms with Gasteiger partial charge < -0.3 is 0 Å². The lowest BCUT2D eigenvalue weighted by Gasteiger charge is -2.11. The lowest BCUT2D eigenvalue weighted by atomic mass is 10.0. The second-order valence-corrected chi connectivity index (χ2v) is 6.97. The molecule has 0 spiro atoms. The second kappa shape index (κ2) is 4.66. The summed E-state index contributed by atoms with van der Waals surface area (Å²) < 4.78 is 2.04. The molecule has 1 aliphatic rings. The first-order valence-electron chi connectivity index (χ1n) is 8.43. The monoisotopic (exact) mass is 317 g/mol. The Hall–Kier alpha value is -2.69. The van der Waals surface area contributed by atoms with Gasteiger partial charge in [0, 0.05) is 16.9 Å². The van der Waals surface area contributed by atoms with Gasteiger partial charge in [0.1, 0.15) is 0 Å². The topological polar surface area (TPSA) is 58.9 Å². The number of hydrogen-bond donors (Lipinski definition) is 1. The van der Waals surface area contributed by atoms with Crippen LogP contribution in [0.3, 0.4) is 0 Å². The summed E-state index contributed by atoms with van der Waals surface area (Å²) in [6, 6.07) is 6.60. The smallest absolute Gasteiger partial charge is 0.159 e. The number of aromatic amines is 1. The molecule has 1 aliphatic carbocycles. The van der Waals surface area contributed by atoms with Gasteiger partial charge >= 0.3 is 0 Å². The molecule has 5 nitrogen and oxygen atoms in total. The first-order chi connectivity index (χ1) is 11.6. The van der Waals surface area contributed by atoms with Gasteiger partial charge in [-0.2, -0.15) is 10.2 Å². The summed E-state index contributed by atoms with van der Waals surface area (Å²) in [6.45, 7) is 6.37. The Balaban J connectivity index is 1.83. The second-order valence-electron chi connectivity index (χ2n) is 6.97. The minimum absolute atomic E-state index is 0.551. The number of aromatic nitrogens is 5. The Morgan fingerprint density at radius 3 is 2.67 bits per heavy atom. The highest BCUT2D eigenvalue weighted by Crippen LogP contribution is 2.39. The van der Waals surface area contributed by atoms with Gasteiger partial charge in [0.15, 0.2) is 11.5 Å². The summed E-state index contributed by atoms with van der Waals surface area (Å²) in [5.74, 6) is 1.54. The third-order valence-electron chi connectivity index (χ3n) is 4.96. The molecular weight excluding hydrogens is 298 g/mol. The molecule has 4 aromatic rings. The van der Waals surface area contributed by atoms with E-state index in [0.717, 1.165) is 33.6 Å². The molecule has 1 saturated carbocycles. The van der Waals surface area contributed by atoms with Crippen molar-refractivity contribution in [1.29, 1.82) is 0 Å². The number of H-pyrrole nitrogens is 1. The molecule has 5 rings (SSSR count).